The number of carboxylic acids is 2. The molecule has 2 aliphatic heterocycles. The zero-order chi connectivity index (χ0) is 34.7. The number of carbonyl (C=O) groups is 3. The first-order chi connectivity index (χ1) is 22.9. The van der Waals surface area contributed by atoms with Crippen molar-refractivity contribution in [1.29, 1.82) is 0 Å². The van der Waals surface area contributed by atoms with E-state index in [1.165, 1.54) is 6.33 Å². The van der Waals surface area contributed by atoms with E-state index >= 15 is 0 Å². The summed E-state index contributed by atoms with van der Waals surface area (Å²) >= 11 is 12.7. The molecule has 0 unspecified atom stereocenters. The number of hydrazine groups is 1. The van der Waals surface area contributed by atoms with Gasteiger partial charge < -0.3 is 34.1 Å². The number of carboxylic acid groups (broad SMARTS) is 2. The molecule has 17 heteroatoms. The van der Waals surface area contributed by atoms with E-state index < -0.39 is 23.8 Å². The summed E-state index contributed by atoms with van der Waals surface area (Å²) in [5.41, 5.74) is 4.54. The van der Waals surface area contributed by atoms with Gasteiger partial charge in [-0.25, -0.2) is 29.1 Å². The van der Waals surface area contributed by atoms with Crippen molar-refractivity contribution in [3.8, 4) is 5.75 Å². The van der Waals surface area contributed by atoms with Crippen LogP contribution in [0.4, 0.5) is 10.5 Å². The molecule has 2 fully saturated rings. The first-order valence-corrected chi connectivity index (χ1v) is 15.6. The van der Waals surface area contributed by atoms with Crippen LogP contribution >= 0.6 is 23.2 Å². The summed E-state index contributed by atoms with van der Waals surface area (Å²) in [6.45, 7) is 7.45. The lowest BCUT2D eigenvalue weighted by Crippen LogP contribution is -2.54. The SMILES string of the molecule is CC(C)OC(=O)NN1CCN(c2ccc(OC[C@@H]3CO[C@@](Cn4cncn4)(c4ccc(Cl)cc4Cl)O3)cc2)CC1.O=C(O)/C=C/C(=O)O. The number of aromatic nitrogens is 3. The van der Waals surface area contributed by atoms with Crippen LogP contribution < -0.4 is 15.1 Å². The van der Waals surface area contributed by atoms with Crippen molar-refractivity contribution in [3.63, 3.8) is 0 Å². The second-order valence-corrected chi connectivity index (χ2v) is 11.7. The number of piperazine rings is 1. The van der Waals surface area contributed by atoms with E-state index in [1.54, 1.807) is 29.2 Å². The van der Waals surface area contributed by atoms with E-state index in [0.29, 0.717) is 54.1 Å². The van der Waals surface area contributed by atoms with Crippen LogP contribution in [0.15, 0.2) is 67.3 Å². The maximum absolute atomic E-state index is 11.8. The minimum Gasteiger partial charge on any atom is -0.491 e. The molecule has 0 spiro atoms. The van der Waals surface area contributed by atoms with Gasteiger partial charge in [-0.05, 0) is 50.2 Å². The highest BCUT2D eigenvalue weighted by Gasteiger charge is 2.45. The van der Waals surface area contributed by atoms with Gasteiger partial charge in [-0.15, -0.1) is 0 Å². The van der Waals surface area contributed by atoms with Gasteiger partial charge in [-0.3, -0.25) is 5.43 Å². The van der Waals surface area contributed by atoms with Crippen LogP contribution in [0.2, 0.25) is 10.0 Å². The standard InChI is InChI=1S/C27H32Cl2N6O5.C4H4O4/c1-19(2)39-26(36)32-34-11-9-33(10-12-34)21-4-6-22(7-5-21)37-14-23-15-38-27(40-23,16-35-18-30-17-31-35)24-8-3-20(28)13-25(24)29;5-3(6)1-2-4(7)8/h3-8,13,17-19,23H,9-12,14-16H2,1-2H3,(H,32,36);1-2H,(H,5,6)(H,7,8)/b;2-1+/t23-,27-;/m1./s1. The second kappa shape index (κ2) is 17.1. The van der Waals surface area contributed by atoms with Gasteiger partial charge in [0, 0.05) is 54.6 Å². The van der Waals surface area contributed by atoms with E-state index in [2.05, 4.69) is 20.4 Å². The number of aliphatic carboxylic acids is 2. The van der Waals surface area contributed by atoms with Crippen LogP contribution in [0.5, 0.6) is 5.75 Å². The fraction of sp³-hybridized carbons (Fsp3) is 0.387. The number of nitrogens with one attached hydrogen (secondary N) is 1. The Morgan fingerprint density at radius 3 is 2.33 bits per heavy atom. The predicted octanol–water partition coefficient (Wildman–Crippen LogP) is 3.82. The molecule has 2 aliphatic rings. The largest absolute Gasteiger partial charge is 0.491 e. The molecule has 5 rings (SSSR count). The normalized spacial score (nSPS) is 19.5. The van der Waals surface area contributed by atoms with E-state index in [0.717, 1.165) is 24.5 Å². The first-order valence-electron chi connectivity index (χ1n) is 14.9. The molecule has 1 amide bonds. The molecule has 0 bridgehead atoms. The number of nitrogens with zero attached hydrogens (tertiary/aromatic N) is 5. The Bertz CT molecular complexity index is 1530. The first kappa shape index (κ1) is 36.4. The molecule has 2 aromatic carbocycles. The van der Waals surface area contributed by atoms with E-state index in [1.807, 2.05) is 43.1 Å². The molecule has 0 saturated carbocycles. The molecule has 48 heavy (non-hydrogen) atoms. The highest BCUT2D eigenvalue weighted by molar-refractivity contribution is 6.35. The summed E-state index contributed by atoms with van der Waals surface area (Å²) in [6, 6.07) is 13.2. The molecule has 2 atom stereocenters. The number of carbonyl (C=O) groups excluding carboxylic acids is 1. The van der Waals surface area contributed by atoms with Crippen molar-refractivity contribution in [1.82, 2.24) is 25.2 Å². The number of rotatable bonds is 11. The third-order valence-corrected chi connectivity index (χ3v) is 7.46. The maximum Gasteiger partial charge on any atom is 0.422 e. The Balaban J connectivity index is 0.000000579. The number of anilines is 1. The minimum absolute atomic E-state index is 0.154. The van der Waals surface area contributed by atoms with Crippen molar-refractivity contribution in [2.75, 3.05) is 44.3 Å². The van der Waals surface area contributed by atoms with Gasteiger partial charge in [-0.2, -0.15) is 5.10 Å². The van der Waals surface area contributed by atoms with Crippen molar-refractivity contribution < 1.29 is 43.5 Å². The van der Waals surface area contributed by atoms with Gasteiger partial charge in [0.05, 0.1) is 17.7 Å². The molecule has 258 valence electrons. The number of hydrogen-bond acceptors (Lipinski definition) is 11. The van der Waals surface area contributed by atoms with Gasteiger partial charge in [-0.1, -0.05) is 29.3 Å². The fourth-order valence-electron chi connectivity index (χ4n) is 4.81. The quantitative estimate of drug-likeness (QED) is 0.245. The van der Waals surface area contributed by atoms with Crippen molar-refractivity contribution in [2.24, 2.45) is 0 Å². The Morgan fingerprint density at radius 1 is 1.06 bits per heavy atom. The van der Waals surface area contributed by atoms with Crippen molar-refractivity contribution >= 4 is 46.9 Å². The van der Waals surface area contributed by atoms with Gasteiger partial charge in [0.2, 0.25) is 5.79 Å². The number of amides is 1. The highest BCUT2D eigenvalue weighted by Crippen LogP contribution is 2.40. The Morgan fingerprint density at radius 2 is 1.75 bits per heavy atom. The van der Waals surface area contributed by atoms with Crippen LogP contribution in [0.25, 0.3) is 0 Å². The molecule has 0 aliphatic carbocycles. The zero-order valence-corrected chi connectivity index (χ0v) is 27.7. The lowest BCUT2D eigenvalue weighted by atomic mass is 10.1. The molecule has 0 radical (unpaired) electrons. The summed E-state index contributed by atoms with van der Waals surface area (Å²) in [5, 5.41) is 22.7. The van der Waals surface area contributed by atoms with Crippen LogP contribution in [0, 0.1) is 0 Å². The summed E-state index contributed by atoms with van der Waals surface area (Å²) in [6.07, 6.45) is 3.26. The average Bonchev–Trinajstić information content (AvgIpc) is 3.70. The lowest BCUT2D eigenvalue weighted by molar-refractivity contribution is -0.190. The highest BCUT2D eigenvalue weighted by atomic mass is 35.5. The number of hydrogen-bond donors (Lipinski definition) is 3. The van der Waals surface area contributed by atoms with E-state index in [4.69, 9.17) is 52.4 Å². The Hall–Kier alpha value is -4.41. The van der Waals surface area contributed by atoms with Crippen LogP contribution in [0.3, 0.4) is 0 Å². The molecular weight excluding hydrogens is 671 g/mol. The van der Waals surface area contributed by atoms with E-state index in [-0.39, 0.29) is 18.8 Å². The summed E-state index contributed by atoms with van der Waals surface area (Å²) in [4.78, 5) is 37.2. The second-order valence-electron chi connectivity index (χ2n) is 10.9. The van der Waals surface area contributed by atoms with Crippen molar-refractivity contribution in [3.05, 3.63) is 82.9 Å². The van der Waals surface area contributed by atoms with Crippen molar-refractivity contribution in [2.45, 2.75) is 38.4 Å². The summed E-state index contributed by atoms with van der Waals surface area (Å²) in [5.74, 6) is -2.95. The summed E-state index contributed by atoms with van der Waals surface area (Å²) < 4.78 is 25.5. The lowest BCUT2D eigenvalue weighted by Gasteiger charge is -2.35. The van der Waals surface area contributed by atoms with Crippen LogP contribution in [-0.4, -0.2) is 99.6 Å². The molecule has 3 aromatic rings. The predicted molar refractivity (Wildman–Crippen MR) is 174 cm³/mol. The Kier molecular flexibility index (Phi) is 13.0. The molecule has 3 N–H and O–H groups in total. The number of halogens is 2. The molecule has 3 heterocycles. The maximum atomic E-state index is 11.8. The van der Waals surface area contributed by atoms with Gasteiger partial charge >= 0.3 is 18.0 Å². The van der Waals surface area contributed by atoms with Crippen LogP contribution in [0.1, 0.15) is 19.4 Å². The average molecular weight is 708 g/mol. The third kappa shape index (κ3) is 10.8. The van der Waals surface area contributed by atoms with Gasteiger partial charge in [0.25, 0.3) is 0 Å². The monoisotopic (exact) mass is 706 g/mol. The molecule has 2 saturated heterocycles. The van der Waals surface area contributed by atoms with Gasteiger partial charge in [0.1, 0.15) is 37.7 Å². The smallest absolute Gasteiger partial charge is 0.422 e. The molecular formula is C31H36Cl2N6O9. The van der Waals surface area contributed by atoms with E-state index in [9.17, 15) is 14.4 Å². The summed E-state index contributed by atoms with van der Waals surface area (Å²) in [7, 11) is 0. The fourth-order valence-corrected chi connectivity index (χ4v) is 5.37. The topological polar surface area (TPSA) is 178 Å². The molecule has 15 nitrogen and oxygen atoms in total. The number of ether oxygens (including phenoxy) is 4. The van der Waals surface area contributed by atoms with Gasteiger partial charge in [0.15, 0.2) is 0 Å². The van der Waals surface area contributed by atoms with Crippen LogP contribution in [-0.2, 0) is 36.1 Å². The minimum atomic E-state index is -1.26. The number of benzene rings is 2. The Labute approximate surface area is 286 Å². The zero-order valence-electron chi connectivity index (χ0n) is 26.2. The molecule has 1 aromatic heterocycles. The third-order valence-electron chi connectivity index (χ3n) is 6.92.